The molecule has 0 fully saturated rings. The number of nitrogens with zero attached hydrogens (tertiary/aromatic N) is 1. The van der Waals surface area contributed by atoms with Gasteiger partial charge in [-0.2, -0.15) is 0 Å². The predicted molar refractivity (Wildman–Crippen MR) is 106 cm³/mol. The Morgan fingerprint density at radius 2 is 2.04 bits per heavy atom. The molecule has 1 N–H and O–H groups in total. The highest BCUT2D eigenvalue weighted by Gasteiger charge is 2.14. The molecule has 3 aromatic rings. The van der Waals surface area contributed by atoms with E-state index in [4.69, 9.17) is 4.74 Å². The topological polar surface area (TPSA) is 51.2 Å². The lowest BCUT2D eigenvalue weighted by Crippen LogP contribution is -2.09. The van der Waals surface area contributed by atoms with Crippen LogP contribution in [-0.4, -0.2) is 17.5 Å². The number of carbonyl (C=O) groups excluding carboxylic acids is 1. The molecule has 0 atom stereocenters. The van der Waals surface area contributed by atoms with Crippen molar-refractivity contribution in [2.75, 3.05) is 11.9 Å². The fourth-order valence-electron chi connectivity index (χ4n) is 1.97. The number of nitrogens with one attached hydrogen (secondary N) is 1. The van der Waals surface area contributed by atoms with Crippen molar-refractivity contribution in [2.24, 2.45) is 0 Å². The molecule has 8 heteroatoms. The summed E-state index contributed by atoms with van der Waals surface area (Å²) in [5.41, 5.74) is 1.81. The summed E-state index contributed by atoms with van der Waals surface area (Å²) in [7, 11) is 0. The largest absolute Gasteiger partial charge is 0.494 e. The number of rotatable bonds is 5. The van der Waals surface area contributed by atoms with E-state index in [0.717, 1.165) is 25.3 Å². The fraction of sp³-hybridized carbons (Fsp3) is 0.125. The second-order valence-corrected chi connectivity index (χ2v) is 8.76. The molecule has 1 amide bonds. The van der Waals surface area contributed by atoms with E-state index in [0.29, 0.717) is 16.6 Å². The molecule has 124 valence electrons. The number of hydrogen-bond acceptors (Lipinski definition) is 5. The molecule has 0 aliphatic rings. The maximum Gasteiger partial charge on any atom is 0.267 e. The van der Waals surface area contributed by atoms with Gasteiger partial charge in [0.25, 0.3) is 5.91 Å². The number of ether oxygens (including phenoxy) is 1. The van der Waals surface area contributed by atoms with Gasteiger partial charge in [0.1, 0.15) is 5.75 Å². The Labute approximate surface area is 164 Å². The highest BCUT2D eigenvalue weighted by atomic mass is 79.9. The van der Waals surface area contributed by atoms with Crippen molar-refractivity contribution in [1.82, 2.24) is 4.98 Å². The van der Waals surface area contributed by atoms with Crippen LogP contribution in [0.4, 0.5) is 5.13 Å². The number of halogens is 2. The third kappa shape index (κ3) is 4.05. The van der Waals surface area contributed by atoms with Gasteiger partial charge in [0.15, 0.2) is 5.13 Å². The van der Waals surface area contributed by atoms with E-state index in [1.807, 2.05) is 36.6 Å². The van der Waals surface area contributed by atoms with Gasteiger partial charge in [0, 0.05) is 15.4 Å². The van der Waals surface area contributed by atoms with Crippen LogP contribution in [0.5, 0.6) is 5.75 Å². The summed E-state index contributed by atoms with van der Waals surface area (Å²) in [6.45, 7) is 2.59. The highest BCUT2D eigenvalue weighted by molar-refractivity contribution is 9.13. The van der Waals surface area contributed by atoms with E-state index in [-0.39, 0.29) is 5.91 Å². The van der Waals surface area contributed by atoms with Crippen molar-refractivity contribution in [3.05, 3.63) is 48.8 Å². The zero-order chi connectivity index (χ0) is 17.1. The second kappa shape index (κ2) is 7.77. The van der Waals surface area contributed by atoms with Crippen molar-refractivity contribution in [3.8, 4) is 17.0 Å². The minimum absolute atomic E-state index is 0.168. The lowest BCUT2D eigenvalue weighted by atomic mass is 10.2. The number of thiazole rings is 1. The Balaban J connectivity index is 1.72. The van der Waals surface area contributed by atoms with Gasteiger partial charge >= 0.3 is 0 Å². The summed E-state index contributed by atoms with van der Waals surface area (Å²) in [6.07, 6.45) is 0. The summed E-state index contributed by atoms with van der Waals surface area (Å²) >= 11 is 9.54. The number of carbonyl (C=O) groups is 1. The molecule has 2 heterocycles. The molecule has 0 saturated carbocycles. The van der Waals surface area contributed by atoms with E-state index in [1.54, 1.807) is 6.07 Å². The number of anilines is 1. The molecule has 0 bridgehead atoms. The van der Waals surface area contributed by atoms with Crippen LogP contribution in [-0.2, 0) is 0 Å². The normalized spacial score (nSPS) is 10.6. The van der Waals surface area contributed by atoms with Gasteiger partial charge < -0.3 is 4.74 Å². The summed E-state index contributed by atoms with van der Waals surface area (Å²) < 4.78 is 7.19. The van der Waals surface area contributed by atoms with E-state index in [1.165, 1.54) is 22.7 Å². The highest BCUT2D eigenvalue weighted by Crippen LogP contribution is 2.33. The number of aromatic nitrogens is 1. The molecule has 24 heavy (non-hydrogen) atoms. The molecule has 0 radical (unpaired) electrons. The first-order chi connectivity index (χ1) is 11.6. The molecule has 0 aliphatic carbocycles. The maximum absolute atomic E-state index is 12.2. The van der Waals surface area contributed by atoms with E-state index in [2.05, 4.69) is 42.2 Å². The summed E-state index contributed by atoms with van der Waals surface area (Å²) in [6, 6.07) is 9.53. The monoisotopic (exact) mass is 486 g/mol. The molecule has 4 nitrogen and oxygen atoms in total. The van der Waals surface area contributed by atoms with Crippen molar-refractivity contribution < 1.29 is 9.53 Å². The SMILES string of the molecule is CCOc1ccc(-c2csc(NC(=O)c3cc(Br)c(Br)s3)n2)cc1. The van der Waals surface area contributed by atoms with Gasteiger partial charge in [-0.25, -0.2) is 4.98 Å². The molecule has 3 rings (SSSR count). The number of hydrogen-bond donors (Lipinski definition) is 1. The van der Waals surface area contributed by atoms with E-state index in [9.17, 15) is 4.79 Å². The number of benzene rings is 1. The molecular weight excluding hydrogens is 476 g/mol. The van der Waals surface area contributed by atoms with Gasteiger partial charge in [0.05, 0.1) is 21.0 Å². The quantitative estimate of drug-likeness (QED) is 0.476. The Morgan fingerprint density at radius 3 is 2.67 bits per heavy atom. The van der Waals surface area contributed by atoms with Crippen LogP contribution in [0.3, 0.4) is 0 Å². The lowest BCUT2D eigenvalue weighted by Gasteiger charge is -2.03. The Kier molecular flexibility index (Phi) is 5.70. The van der Waals surface area contributed by atoms with Crippen LogP contribution in [0, 0.1) is 0 Å². The maximum atomic E-state index is 12.2. The standard InChI is InChI=1S/C16H12Br2N2O2S2/c1-2-22-10-5-3-9(4-6-10)12-8-23-16(19-12)20-15(21)13-7-11(17)14(18)24-13/h3-8H,2H2,1H3,(H,19,20,21). The molecule has 0 saturated heterocycles. The summed E-state index contributed by atoms with van der Waals surface area (Å²) in [5, 5.41) is 5.33. The van der Waals surface area contributed by atoms with E-state index >= 15 is 0 Å². The van der Waals surface area contributed by atoms with Crippen LogP contribution < -0.4 is 10.1 Å². The first-order valence-corrected chi connectivity index (χ1v) is 10.3. The van der Waals surface area contributed by atoms with Crippen molar-refractivity contribution in [1.29, 1.82) is 0 Å². The average Bonchev–Trinajstić information content (AvgIpc) is 3.16. The summed E-state index contributed by atoms with van der Waals surface area (Å²) in [5.74, 6) is 0.665. The molecule has 2 aromatic heterocycles. The smallest absolute Gasteiger partial charge is 0.267 e. The zero-order valence-corrected chi connectivity index (χ0v) is 17.3. The van der Waals surface area contributed by atoms with Gasteiger partial charge in [-0.05, 0) is 69.1 Å². The van der Waals surface area contributed by atoms with Gasteiger partial charge in [-0.3, -0.25) is 10.1 Å². The minimum Gasteiger partial charge on any atom is -0.494 e. The van der Waals surface area contributed by atoms with Crippen molar-refractivity contribution in [2.45, 2.75) is 6.92 Å². The van der Waals surface area contributed by atoms with Crippen molar-refractivity contribution in [3.63, 3.8) is 0 Å². The number of amides is 1. The van der Waals surface area contributed by atoms with Crippen LogP contribution in [0.1, 0.15) is 16.6 Å². The molecule has 1 aromatic carbocycles. The van der Waals surface area contributed by atoms with Crippen LogP contribution in [0.2, 0.25) is 0 Å². The number of thiophene rings is 1. The average molecular weight is 488 g/mol. The summed E-state index contributed by atoms with van der Waals surface area (Å²) in [4.78, 5) is 17.3. The van der Waals surface area contributed by atoms with Gasteiger partial charge in [-0.1, -0.05) is 0 Å². The Morgan fingerprint density at radius 1 is 1.29 bits per heavy atom. The van der Waals surface area contributed by atoms with Crippen LogP contribution >= 0.6 is 54.5 Å². The molecule has 0 aliphatic heterocycles. The Hall–Kier alpha value is -1.22. The molecular formula is C16H12Br2N2O2S2. The van der Waals surface area contributed by atoms with Gasteiger partial charge in [0.2, 0.25) is 0 Å². The molecule has 0 spiro atoms. The van der Waals surface area contributed by atoms with E-state index < -0.39 is 0 Å². The second-order valence-electron chi connectivity index (χ2n) is 4.68. The van der Waals surface area contributed by atoms with Crippen LogP contribution in [0.15, 0.2) is 44.0 Å². The third-order valence-corrected chi connectivity index (χ3v) is 7.07. The molecule has 0 unspecified atom stereocenters. The fourth-order valence-corrected chi connectivity index (χ4v) is 4.62. The van der Waals surface area contributed by atoms with Crippen molar-refractivity contribution >= 4 is 65.6 Å². The lowest BCUT2D eigenvalue weighted by molar-refractivity contribution is 0.103. The third-order valence-electron chi connectivity index (χ3n) is 3.05. The minimum atomic E-state index is -0.168. The van der Waals surface area contributed by atoms with Gasteiger partial charge in [-0.15, -0.1) is 22.7 Å². The predicted octanol–water partition coefficient (Wildman–Crippen LogP) is 6.05. The first-order valence-electron chi connectivity index (χ1n) is 7.01. The first kappa shape index (κ1) is 17.6. The van der Waals surface area contributed by atoms with Crippen LogP contribution in [0.25, 0.3) is 11.3 Å². The Bertz CT molecular complexity index is 840. The zero-order valence-electron chi connectivity index (χ0n) is 12.5.